The summed E-state index contributed by atoms with van der Waals surface area (Å²) in [5.74, 6) is 0.270. The van der Waals surface area contributed by atoms with Crippen molar-refractivity contribution in [2.75, 3.05) is 0 Å². The lowest BCUT2D eigenvalue weighted by Gasteiger charge is -2.31. The Kier molecular flexibility index (Phi) is 5.40. The molecule has 2 atom stereocenters. The number of aromatic hydroxyl groups is 1. The topological polar surface area (TPSA) is 44.6 Å². The highest BCUT2D eigenvalue weighted by atomic mass is 35.5. The van der Waals surface area contributed by atoms with Crippen LogP contribution in [0.2, 0.25) is 10.0 Å². The van der Waals surface area contributed by atoms with Crippen LogP contribution in [0.5, 0.6) is 5.75 Å². The fourth-order valence-electron chi connectivity index (χ4n) is 3.49. The molecule has 0 unspecified atom stereocenters. The van der Waals surface area contributed by atoms with Gasteiger partial charge in [-0.1, -0.05) is 77.3 Å². The highest BCUT2D eigenvalue weighted by Crippen LogP contribution is 2.36. The summed E-state index contributed by atoms with van der Waals surface area (Å²) in [6.45, 7) is 2.06. The molecule has 0 amide bonds. The third kappa shape index (κ3) is 3.93. The minimum Gasteiger partial charge on any atom is -0.508 e. The molecule has 28 heavy (non-hydrogen) atoms. The number of phenolic OH excluding ortho intramolecular Hbond substituents is 1. The van der Waals surface area contributed by atoms with Crippen molar-refractivity contribution >= 4 is 28.9 Å². The van der Waals surface area contributed by atoms with E-state index in [1.54, 1.807) is 12.1 Å². The minimum absolute atomic E-state index is 0.0910. The van der Waals surface area contributed by atoms with Gasteiger partial charge in [-0.25, -0.2) is 0 Å². The Labute approximate surface area is 174 Å². The maximum absolute atomic E-state index is 10.4. The molecule has 0 saturated heterocycles. The summed E-state index contributed by atoms with van der Waals surface area (Å²) in [5.41, 5.74) is 4.95. The van der Waals surface area contributed by atoms with Crippen molar-refractivity contribution in [1.29, 1.82) is 0 Å². The molecule has 0 bridgehead atoms. The maximum Gasteiger partial charge on any atom is 0.127 e. The van der Waals surface area contributed by atoms with Gasteiger partial charge in [-0.15, -0.1) is 0 Å². The first kappa shape index (κ1) is 19.0. The monoisotopic (exact) mass is 410 g/mol. The lowest BCUT2D eigenvalue weighted by molar-refractivity contribution is 0.413. The first-order chi connectivity index (χ1) is 13.5. The Balaban J connectivity index is 1.78. The van der Waals surface area contributed by atoms with Crippen LogP contribution in [-0.2, 0) is 0 Å². The first-order valence-corrected chi connectivity index (χ1v) is 9.89. The van der Waals surface area contributed by atoms with Crippen LogP contribution in [-0.4, -0.2) is 10.8 Å². The van der Waals surface area contributed by atoms with Gasteiger partial charge in [-0.05, 0) is 30.7 Å². The minimum atomic E-state index is -0.334. The molecular formula is C23H20Cl2N2O. The maximum atomic E-state index is 10.4. The average Bonchev–Trinajstić information content (AvgIpc) is 2.68. The van der Waals surface area contributed by atoms with E-state index in [1.165, 1.54) is 5.56 Å². The normalized spacial score (nSPS) is 19.3. The van der Waals surface area contributed by atoms with Crippen LogP contribution in [0.3, 0.4) is 0 Å². The van der Waals surface area contributed by atoms with Gasteiger partial charge in [0.1, 0.15) is 11.9 Å². The second kappa shape index (κ2) is 7.96. The fourth-order valence-corrected chi connectivity index (χ4v) is 4.00. The van der Waals surface area contributed by atoms with Crippen LogP contribution >= 0.6 is 23.2 Å². The van der Waals surface area contributed by atoms with E-state index >= 15 is 0 Å². The van der Waals surface area contributed by atoms with Crippen LogP contribution in [0.15, 0.2) is 71.7 Å². The number of hydrogen-bond donors (Lipinski definition) is 2. The van der Waals surface area contributed by atoms with Crippen LogP contribution in [0.25, 0.3) is 0 Å². The Morgan fingerprint density at radius 3 is 2.43 bits per heavy atom. The third-order valence-corrected chi connectivity index (χ3v) is 5.56. The summed E-state index contributed by atoms with van der Waals surface area (Å²) >= 11 is 12.5. The summed E-state index contributed by atoms with van der Waals surface area (Å²) in [6, 6.07) is 21.1. The van der Waals surface area contributed by atoms with Gasteiger partial charge in [0.15, 0.2) is 0 Å². The molecular weight excluding hydrogens is 391 g/mol. The molecule has 1 aliphatic rings. The van der Waals surface area contributed by atoms with E-state index in [0.29, 0.717) is 16.5 Å². The second-order valence-electron chi connectivity index (χ2n) is 6.99. The molecule has 1 aliphatic heterocycles. The largest absolute Gasteiger partial charge is 0.508 e. The molecule has 0 spiro atoms. The first-order valence-electron chi connectivity index (χ1n) is 9.14. The van der Waals surface area contributed by atoms with Crippen molar-refractivity contribution in [2.45, 2.75) is 25.6 Å². The Morgan fingerprint density at radius 1 is 0.964 bits per heavy atom. The van der Waals surface area contributed by atoms with E-state index in [1.807, 2.05) is 30.3 Å². The molecule has 0 aromatic heterocycles. The van der Waals surface area contributed by atoms with E-state index < -0.39 is 0 Å². The summed E-state index contributed by atoms with van der Waals surface area (Å²) in [7, 11) is 0. The third-order valence-electron chi connectivity index (χ3n) is 5.00. The van der Waals surface area contributed by atoms with Crippen LogP contribution in [0.1, 0.15) is 40.9 Å². The Bertz CT molecular complexity index is 1030. The molecule has 1 heterocycles. The summed E-state index contributed by atoms with van der Waals surface area (Å²) in [5, 5.41) is 15.1. The van der Waals surface area contributed by atoms with Crippen molar-refractivity contribution in [3.8, 4) is 5.75 Å². The SMILES string of the molecule is Cc1ccc(C2=N[C@@H](c3ccc(Cl)cc3Cl)N[C@H](c3ccccc3O)C2)cc1. The van der Waals surface area contributed by atoms with Gasteiger partial charge in [0, 0.05) is 39.3 Å². The lowest BCUT2D eigenvalue weighted by Crippen LogP contribution is -2.33. The van der Waals surface area contributed by atoms with Gasteiger partial charge in [0.2, 0.25) is 0 Å². The van der Waals surface area contributed by atoms with Crippen LogP contribution < -0.4 is 5.32 Å². The molecule has 5 heteroatoms. The molecule has 3 nitrogen and oxygen atoms in total. The average molecular weight is 411 g/mol. The molecule has 4 rings (SSSR count). The summed E-state index contributed by atoms with van der Waals surface area (Å²) < 4.78 is 0. The van der Waals surface area contributed by atoms with Gasteiger partial charge in [-0.3, -0.25) is 10.3 Å². The Hall–Kier alpha value is -2.33. The fraction of sp³-hybridized carbons (Fsp3) is 0.174. The van der Waals surface area contributed by atoms with E-state index in [0.717, 1.165) is 22.4 Å². The quantitative estimate of drug-likeness (QED) is 0.537. The summed E-state index contributed by atoms with van der Waals surface area (Å²) in [4.78, 5) is 4.94. The van der Waals surface area contributed by atoms with Crippen LogP contribution in [0.4, 0.5) is 0 Å². The number of nitrogens with zero attached hydrogens (tertiary/aromatic N) is 1. The number of hydrogen-bond acceptors (Lipinski definition) is 3. The van der Waals surface area contributed by atoms with E-state index in [9.17, 15) is 5.11 Å². The van der Waals surface area contributed by atoms with Crippen molar-refractivity contribution in [3.63, 3.8) is 0 Å². The molecule has 0 radical (unpaired) electrons. The zero-order chi connectivity index (χ0) is 19.7. The van der Waals surface area contributed by atoms with E-state index in [4.69, 9.17) is 28.2 Å². The number of benzene rings is 3. The van der Waals surface area contributed by atoms with Gasteiger partial charge in [0.25, 0.3) is 0 Å². The molecule has 0 saturated carbocycles. The number of phenols is 1. The standard InChI is InChI=1S/C23H20Cl2N2O/c1-14-6-8-15(9-7-14)20-13-21(18-4-2-3-5-22(18)28)27-23(26-20)17-11-10-16(24)12-19(17)25/h2-12,21,23,27-28H,13H2,1H3/t21-,23+/m0/s1. The summed E-state index contributed by atoms with van der Waals surface area (Å²) in [6.07, 6.45) is 0.335. The predicted octanol–water partition coefficient (Wildman–Crippen LogP) is 6.23. The molecule has 2 N–H and O–H groups in total. The van der Waals surface area contributed by atoms with Crippen molar-refractivity contribution in [3.05, 3.63) is 99.0 Å². The highest BCUT2D eigenvalue weighted by molar-refractivity contribution is 6.35. The number of halogens is 2. The molecule has 142 valence electrons. The van der Waals surface area contributed by atoms with Crippen molar-refractivity contribution in [2.24, 2.45) is 4.99 Å². The predicted molar refractivity (Wildman–Crippen MR) is 116 cm³/mol. The van der Waals surface area contributed by atoms with Gasteiger partial charge in [-0.2, -0.15) is 0 Å². The number of aliphatic imine (C=N–C) groups is 1. The molecule has 3 aromatic rings. The molecule has 0 aliphatic carbocycles. The van der Waals surface area contributed by atoms with E-state index in [-0.39, 0.29) is 18.0 Å². The zero-order valence-corrected chi connectivity index (χ0v) is 16.9. The zero-order valence-electron chi connectivity index (χ0n) is 15.4. The van der Waals surface area contributed by atoms with Crippen molar-refractivity contribution < 1.29 is 5.11 Å². The van der Waals surface area contributed by atoms with Crippen LogP contribution in [0, 0.1) is 6.92 Å². The number of nitrogens with one attached hydrogen (secondary N) is 1. The van der Waals surface area contributed by atoms with E-state index in [2.05, 4.69) is 36.5 Å². The molecule has 3 aromatic carbocycles. The van der Waals surface area contributed by atoms with Gasteiger partial charge >= 0.3 is 0 Å². The second-order valence-corrected chi connectivity index (χ2v) is 7.84. The number of aryl methyl sites for hydroxylation is 1. The smallest absolute Gasteiger partial charge is 0.127 e. The van der Waals surface area contributed by atoms with Gasteiger partial charge < -0.3 is 5.11 Å². The van der Waals surface area contributed by atoms with Crippen molar-refractivity contribution in [1.82, 2.24) is 5.32 Å². The number of rotatable bonds is 3. The highest BCUT2D eigenvalue weighted by Gasteiger charge is 2.28. The Morgan fingerprint density at radius 2 is 1.71 bits per heavy atom. The van der Waals surface area contributed by atoms with Gasteiger partial charge in [0.05, 0.1) is 0 Å². The lowest BCUT2D eigenvalue weighted by atomic mass is 9.93. The molecule has 0 fully saturated rings. The number of para-hydroxylation sites is 1.